The molecule has 0 saturated heterocycles. The Bertz CT molecular complexity index is 464. The predicted octanol–water partition coefficient (Wildman–Crippen LogP) is 1.34. The number of aromatic nitrogens is 3. The van der Waals surface area contributed by atoms with Gasteiger partial charge in [0.1, 0.15) is 12.4 Å². The quantitative estimate of drug-likeness (QED) is 0.844. The number of aryl methyl sites for hydroxylation is 1. The smallest absolute Gasteiger partial charge is 0.138 e. The summed E-state index contributed by atoms with van der Waals surface area (Å²) in [5, 5.41) is 4.18. The molecular weight excluding hydrogens is 216 g/mol. The Labute approximate surface area is 100 Å². The summed E-state index contributed by atoms with van der Waals surface area (Å²) in [5.74, 6) is 0.742. The van der Waals surface area contributed by atoms with Gasteiger partial charge < -0.3 is 10.5 Å². The van der Waals surface area contributed by atoms with E-state index in [9.17, 15) is 0 Å². The molecule has 17 heavy (non-hydrogen) atoms. The second-order valence-corrected chi connectivity index (χ2v) is 3.68. The standard InChI is InChI=1S/C12H16N4O/c1-2-16-8-10(6-15-16)9-17-12-4-3-11(5-13)14-7-12/h3-4,6-8H,2,5,9,13H2,1H3. The van der Waals surface area contributed by atoms with E-state index in [0.717, 1.165) is 23.6 Å². The molecule has 2 rings (SSSR count). The van der Waals surface area contributed by atoms with Crippen molar-refractivity contribution in [3.05, 3.63) is 42.0 Å². The van der Waals surface area contributed by atoms with E-state index in [1.165, 1.54) is 0 Å². The normalized spacial score (nSPS) is 10.5. The van der Waals surface area contributed by atoms with Gasteiger partial charge in [0, 0.05) is 24.8 Å². The summed E-state index contributed by atoms with van der Waals surface area (Å²) in [7, 11) is 0. The van der Waals surface area contributed by atoms with E-state index in [1.54, 1.807) is 6.20 Å². The van der Waals surface area contributed by atoms with Gasteiger partial charge in [-0.25, -0.2) is 0 Å². The summed E-state index contributed by atoms with van der Waals surface area (Å²) < 4.78 is 7.46. The summed E-state index contributed by atoms with van der Waals surface area (Å²) in [6.45, 7) is 3.87. The maximum absolute atomic E-state index is 5.59. The third-order valence-corrected chi connectivity index (χ3v) is 2.42. The monoisotopic (exact) mass is 232 g/mol. The third kappa shape index (κ3) is 3.04. The first kappa shape index (κ1) is 11.6. The molecule has 0 amide bonds. The average molecular weight is 232 g/mol. The summed E-state index contributed by atoms with van der Waals surface area (Å²) in [5.41, 5.74) is 7.38. The van der Waals surface area contributed by atoms with E-state index in [0.29, 0.717) is 13.2 Å². The zero-order valence-electron chi connectivity index (χ0n) is 9.84. The SMILES string of the molecule is CCn1cc(COc2ccc(CN)nc2)cn1. The van der Waals surface area contributed by atoms with Gasteiger partial charge in [0.15, 0.2) is 0 Å². The molecule has 5 nitrogen and oxygen atoms in total. The average Bonchev–Trinajstić information content (AvgIpc) is 2.85. The molecule has 0 bridgehead atoms. The minimum absolute atomic E-state index is 0.448. The van der Waals surface area contributed by atoms with Crippen molar-refractivity contribution in [2.45, 2.75) is 26.6 Å². The highest BCUT2D eigenvalue weighted by Crippen LogP contribution is 2.11. The Kier molecular flexibility index (Phi) is 3.72. The number of nitrogens with zero attached hydrogens (tertiary/aromatic N) is 3. The van der Waals surface area contributed by atoms with Gasteiger partial charge in [-0.3, -0.25) is 9.67 Å². The molecule has 0 atom stereocenters. The minimum Gasteiger partial charge on any atom is -0.487 e. The van der Waals surface area contributed by atoms with Crippen LogP contribution in [0.2, 0.25) is 0 Å². The molecule has 90 valence electrons. The molecule has 2 aromatic heterocycles. The van der Waals surface area contributed by atoms with Crippen LogP contribution in [0.25, 0.3) is 0 Å². The topological polar surface area (TPSA) is 66.0 Å². The zero-order valence-corrected chi connectivity index (χ0v) is 9.84. The predicted molar refractivity (Wildman–Crippen MR) is 64.4 cm³/mol. The Morgan fingerprint density at radius 3 is 2.82 bits per heavy atom. The van der Waals surface area contributed by atoms with Crippen LogP contribution in [-0.2, 0) is 19.7 Å². The lowest BCUT2D eigenvalue weighted by atomic mass is 10.3. The first-order chi connectivity index (χ1) is 8.31. The van der Waals surface area contributed by atoms with Gasteiger partial charge in [-0.2, -0.15) is 5.10 Å². The molecule has 0 saturated carbocycles. The Balaban J connectivity index is 1.92. The highest BCUT2D eigenvalue weighted by Gasteiger charge is 1.99. The Morgan fingerprint density at radius 1 is 1.35 bits per heavy atom. The van der Waals surface area contributed by atoms with Crippen molar-refractivity contribution in [3.63, 3.8) is 0 Å². The highest BCUT2D eigenvalue weighted by molar-refractivity contribution is 5.20. The largest absolute Gasteiger partial charge is 0.487 e. The van der Waals surface area contributed by atoms with Gasteiger partial charge in [0.2, 0.25) is 0 Å². The molecule has 0 fully saturated rings. The molecule has 0 radical (unpaired) electrons. The summed E-state index contributed by atoms with van der Waals surface area (Å²) in [4.78, 5) is 4.16. The highest BCUT2D eigenvalue weighted by atomic mass is 16.5. The summed E-state index contributed by atoms with van der Waals surface area (Å²) in [6, 6.07) is 3.74. The first-order valence-corrected chi connectivity index (χ1v) is 5.61. The lowest BCUT2D eigenvalue weighted by molar-refractivity contribution is 0.304. The van der Waals surface area contributed by atoms with Crippen LogP contribution >= 0.6 is 0 Å². The number of hydrogen-bond acceptors (Lipinski definition) is 4. The van der Waals surface area contributed by atoms with Gasteiger partial charge in [-0.05, 0) is 19.1 Å². The number of hydrogen-bond donors (Lipinski definition) is 1. The number of ether oxygens (including phenoxy) is 1. The first-order valence-electron chi connectivity index (χ1n) is 5.61. The van der Waals surface area contributed by atoms with E-state index >= 15 is 0 Å². The third-order valence-electron chi connectivity index (χ3n) is 2.42. The van der Waals surface area contributed by atoms with Crippen molar-refractivity contribution in [1.82, 2.24) is 14.8 Å². The lowest BCUT2D eigenvalue weighted by Gasteiger charge is -2.04. The van der Waals surface area contributed by atoms with Crippen LogP contribution < -0.4 is 10.5 Å². The second kappa shape index (κ2) is 5.45. The van der Waals surface area contributed by atoms with Crippen molar-refractivity contribution in [2.75, 3.05) is 0 Å². The van der Waals surface area contributed by atoms with Crippen LogP contribution in [0.15, 0.2) is 30.7 Å². The van der Waals surface area contributed by atoms with Gasteiger partial charge in [-0.1, -0.05) is 0 Å². The number of nitrogens with two attached hydrogens (primary N) is 1. The molecular formula is C12H16N4O. The maximum Gasteiger partial charge on any atom is 0.138 e. The summed E-state index contributed by atoms with van der Waals surface area (Å²) in [6.07, 6.45) is 5.47. The molecule has 2 N–H and O–H groups in total. The Morgan fingerprint density at radius 2 is 2.24 bits per heavy atom. The van der Waals surface area contributed by atoms with Gasteiger partial charge in [0.25, 0.3) is 0 Å². The number of pyridine rings is 1. The molecule has 2 heterocycles. The van der Waals surface area contributed by atoms with Crippen molar-refractivity contribution < 1.29 is 4.74 Å². The van der Waals surface area contributed by atoms with Crippen LogP contribution in [0, 0.1) is 0 Å². The van der Waals surface area contributed by atoms with E-state index in [1.807, 2.05) is 36.1 Å². The van der Waals surface area contributed by atoms with Crippen LogP contribution in [0.5, 0.6) is 5.75 Å². The molecule has 2 aromatic rings. The van der Waals surface area contributed by atoms with E-state index in [-0.39, 0.29) is 0 Å². The molecule has 0 aromatic carbocycles. The molecule has 0 aliphatic rings. The van der Waals surface area contributed by atoms with Crippen molar-refractivity contribution in [2.24, 2.45) is 5.73 Å². The molecule has 0 unspecified atom stereocenters. The fourth-order valence-electron chi connectivity index (χ4n) is 1.44. The van der Waals surface area contributed by atoms with Gasteiger partial charge >= 0.3 is 0 Å². The van der Waals surface area contributed by atoms with E-state index in [4.69, 9.17) is 10.5 Å². The fourth-order valence-corrected chi connectivity index (χ4v) is 1.44. The van der Waals surface area contributed by atoms with Crippen molar-refractivity contribution >= 4 is 0 Å². The maximum atomic E-state index is 5.59. The zero-order chi connectivity index (χ0) is 12.1. The van der Waals surface area contributed by atoms with Crippen LogP contribution in [0.1, 0.15) is 18.2 Å². The fraction of sp³-hybridized carbons (Fsp3) is 0.333. The van der Waals surface area contributed by atoms with E-state index in [2.05, 4.69) is 10.1 Å². The molecule has 0 spiro atoms. The summed E-state index contributed by atoms with van der Waals surface area (Å²) >= 11 is 0. The van der Waals surface area contributed by atoms with E-state index < -0.39 is 0 Å². The molecule has 5 heteroatoms. The lowest BCUT2D eigenvalue weighted by Crippen LogP contribution is -2.00. The van der Waals surface area contributed by atoms with Crippen molar-refractivity contribution in [1.29, 1.82) is 0 Å². The molecule has 0 aliphatic heterocycles. The van der Waals surface area contributed by atoms with Crippen LogP contribution in [-0.4, -0.2) is 14.8 Å². The van der Waals surface area contributed by atoms with Gasteiger partial charge in [-0.15, -0.1) is 0 Å². The Hall–Kier alpha value is -1.88. The minimum atomic E-state index is 0.448. The number of rotatable bonds is 5. The van der Waals surface area contributed by atoms with Crippen LogP contribution in [0.3, 0.4) is 0 Å². The van der Waals surface area contributed by atoms with Gasteiger partial charge in [0.05, 0.1) is 18.1 Å². The van der Waals surface area contributed by atoms with Crippen LogP contribution in [0.4, 0.5) is 0 Å². The second-order valence-electron chi connectivity index (χ2n) is 3.68. The van der Waals surface area contributed by atoms with Crippen molar-refractivity contribution in [3.8, 4) is 5.75 Å². The molecule has 0 aliphatic carbocycles.